The van der Waals surface area contributed by atoms with Crippen molar-refractivity contribution in [3.8, 4) is 22.6 Å². The van der Waals surface area contributed by atoms with Gasteiger partial charge in [0.25, 0.3) is 0 Å². The lowest BCUT2D eigenvalue weighted by Crippen LogP contribution is -2.36. The Hall–Kier alpha value is -4.00. The van der Waals surface area contributed by atoms with Crippen LogP contribution >= 0.6 is 0 Å². The van der Waals surface area contributed by atoms with E-state index >= 15 is 0 Å². The highest BCUT2D eigenvalue weighted by Crippen LogP contribution is 2.44. The van der Waals surface area contributed by atoms with Crippen molar-refractivity contribution < 1.29 is 28.9 Å². The second-order valence-corrected chi connectivity index (χ2v) is 7.77. The lowest BCUT2D eigenvalue weighted by atomic mass is 9.98. The summed E-state index contributed by atoms with van der Waals surface area (Å²) in [5, 5.41) is 9.35. The predicted molar refractivity (Wildman–Crippen MR) is 123 cm³/mol. The van der Waals surface area contributed by atoms with Crippen molar-refractivity contribution in [1.29, 1.82) is 0 Å². The number of aliphatic carboxylic acids is 1. The van der Waals surface area contributed by atoms with Gasteiger partial charge in [0.05, 0.1) is 14.2 Å². The van der Waals surface area contributed by atoms with Gasteiger partial charge in [-0.1, -0.05) is 48.5 Å². The summed E-state index contributed by atoms with van der Waals surface area (Å²) in [6.07, 6.45) is -0.693. The Morgan fingerprint density at radius 2 is 1.42 bits per heavy atom. The molecule has 1 aliphatic carbocycles. The Kier molecular flexibility index (Phi) is 6.49. The average molecular weight is 447 g/mol. The number of ether oxygens (including phenoxy) is 3. The molecule has 0 heterocycles. The maximum atomic E-state index is 13.0. The van der Waals surface area contributed by atoms with E-state index in [9.17, 15) is 14.7 Å². The van der Waals surface area contributed by atoms with Crippen molar-refractivity contribution in [2.45, 2.75) is 12.5 Å². The van der Waals surface area contributed by atoms with Crippen molar-refractivity contribution in [3.63, 3.8) is 0 Å². The summed E-state index contributed by atoms with van der Waals surface area (Å²) in [6, 6.07) is 21.3. The minimum absolute atomic E-state index is 0.0382. The number of carbonyl (C=O) groups excluding carboxylic acids is 1. The summed E-state index contributed by atoms with van der Waals surface area (Å²) in [4.78, 5) is 25.5. The number of carboxylic acid groups (broad SMARTS) is 1. The third-order valence-corrected chi connectivity index (χ3v) is 5.71. The Morgan fingerprint density at radius 1 is 0.879 bits per heavy atom. The number of methoxy groups -OCH3 is 2. The van der Waals surface area contributed by atoms with Crippen LogP contribution in [0.25, 0.3) is 11.1 Å². The summed E-state index contributed by atoms with van der Waals surface area (Å²) < 4.78 is 16.2. The monoisotopic (exact) mass is 447 g/mol. The molecule has 1 N–H and O–H groups in total. The average Bonchev–Trinajstić information content (AvgIpc) is 3.15. The Morgan fingerprint density at radius 3 is 1.94 bits per heavy atom. The standard InChI is InChI=1S/C26H25NO6/c1-31-18-11-17(12-19(13-18)32-2)14-27(15-25(28)29)26(30)33-16-24-22-9-5-3-7-20(22)21-8-4-6-10-23(21)24/h3-13,24H,14-16H2,1-2H3,(H,28,29). The van der Waals surface area contributed by atoms with Gasteiger partial charge in [-0.3, -0.25) is 9.69 Å². The molecule has 7 heteroatoms. The van der Waals surface area contributed by atoms with Gasteiger partial charge in [-0.2, -0.15) is 0 Å². The van der Waals surface area contributed by atoms with E-state index in [0.717, 1.165) is 27.2 Å². The minimum atomic E-state index is -1.13. The number of fused-ring (bicyclic) bond motifs is 3. The van der Waals surface area contributed by atoms with Gasteiger partial charge < -0.3 is 19.3 Å². The number of benzene rings is 3. The van der Waals surface area contributed by atoms with Crippen LogP contribution in [0, 0.1) is 0 Å². The van der Waals surface area contributed by atoms with E-state index in [1.165, 1.54) is 14.2 Å². The molecule has 1 aliphatic rings. The fourth-order valence-electron chi connectivity index (χ4n) is 4.21. The van der Waals surface area contributed by atoms with E-state index in [4.69, 9.17) is 14.2 Å². The molecule has 4 rings (SSSR count). The van der Waals surface area contributed by atoms with Crippen LogP contribution in [-0.2, 0) is 16.1 Å². The van der Waals surface area contributed by atoms with Crippen molar-refractivity contribution >= 4 is 12.1 Å². The van der Waals surface area contributed by atoms with Gasteiger partial charge in [0, 0.05) is 18.5 Å². The highest BCUT2D eigenvalue weighted by Gasteiger charge is 2.30. The summed E-state index contributed by atoms with van der Waals surface area (Å²) in [5.41, 5.74) is 5.10. The third-order valence-electron chi connectivity index (χ3n) is 5.71. The first kappa shape index (κ1) is 22.2. The summed E-state index contributed by atoms with van der Waals surface area (Å²) in [5.74, 6) is -0.136. The molecule has 0 saturated carbocycles. The SMILES string of the molecule is COc1cc(CN(CC(=O)O)C(=O)OCC2c3ccccc3-c3ccccc32)cc(OC)c1. The van der Waals surface area contributed by atoms with Crippen LogP contribution in [-0.4, -0.2) is 49.4 Å². The van der Waals surface area contributed by atoms with E-state index in [2.05, 4.69) is 12.1 Å². The number of hydrogen-bond acceptors (Lipinski definition) is 5. The molecule has 3 aromatic carbocycles. The van der Waals surface area contributed by atoms with Gasteiger partial charge in [-0.25, -0.2) is 4.79 Å². The lowest BCUT2D eigenvalue weighted by Gasteiger charge is -2.22. The number of rotatable bonds is 8. The molecule has 0 atom stereocenters. The zero-order valence-corrected chi connectivity index (χ0v) is 18.5. The molecule has 0 unspecified atom stereocenters. The molecule has 1 amide bonds. The van der Waals surface area contributed by atoms with Crippen molar-refractivity contribution in [3.05, 3.63) is 83.4 Å². The van der Waals surface area contributed by atoms with Gasteiger partial charge >= 0.3 is 12.1 Å². The fourth-order valence-corrected chi connectivity index (χ4v) is 4.21. The van der Waals surface area contributed by atoms with E-state index in [0.29, 0.717) is 17.1 Å². The number of carboxylic acids is 1. The van der Waals surface area contributed by atoms with Crippen molar-refractivity contribution in [2.75, 3.05) is 27.4 Å². The molecule has 0 bridgehead atoms. The second kappa shape index (κ2) is 9.65. The van der Waals surface area contributed by atoms with Gasteiger partial charge in [-0.05, 0) is 39.9 Å². The maximum absolute atomic E-state index is 13.0. The molecule has 0 fully saturated rings. The summed E-state index contributed by atoms with van der Waals surface area (Å²) in [7, 11) is 3.05. The van der Waals surface area contributed by atoms with Crippen LogP contribution in [0.15, 0.2) is 66.7 Å². The molecule has 0 radical (unpaired) electrons. The van der Waals surface area contributed by atoms with Crippen LogP contribution in [0.2, 0.25) is 0 Å². The molecule has 0 spiro atoms. The van der Waals surface area contributed by atoms with Crippen molar-refractivity contribution in [2.24, 2.45) is 0 Å². The summed E-state index contributed by atoms with van der Waals surface area (Å²) in [6.45, 7) is -0.336. The zero-order valence-electron chi connectivity index (χ0n) is 18.5. The van der Waals surface area contributed by atoms with Crippen molar-refractivity contribution in [1.82, 2.24) is 4.90 Å². The Bertz CT molecular complexity index is 1110. The predicted octanol–water partition coefficient (Wildman–Crippen LogP) is 4.54. The first-order valence-corrected chi connectivity index (χ1v) is 10.5. The Labute approximate surface area is 192 Å². The van der Waals surface area contributed by atoms with Crippen LogP contribution in [0.1, 0.15) is 22.6 Å². The molecule has 0 saturated heterocycles. The lowest BCUT2D eigenvalue weighted by molar-refractivity contribution is -0.138. The largest absolute Gasteiger partial charge is 0.497 e. The fraction of sp³-hybridized carbons (Fsp3) is 0.231. The quantitative estimate of drug-likeness (QED) is 0.546. The summed E-state index contributed by atoms with van der Waals surface area (Å²) >= 11 is 0. The van der Waals surface area contributed by atoms with Crippen LogP contribution in [0.3, 0.4) is 0 Å². The molecule has 0 aliphatic heterocycles. The van der Waals surface area contributed by atoms with E-state index in [-0.39, 0.29) is 19.1 Å². The van der Waals surface area contributed by atoms with Gasteiger partial charge in [0.15, 0.2) is 0 Å². The second-order valence-electron chi connectivity index (χ2n) is 7.77. The maximum Gasteiger partial charge on any atom is 0.410 e. The zero-order chi connectivity index (χ0) is 23.4. The molecule has 33 heavy (non-hydrogen) atoms. The topological polar surface area (TPSA) is 85.3 Å². The normalized spacial score (nSPS) is 11.9. The van der Waals surface area contributed by atoms with Crippen LogP contribution in [0.4, 0.5) is 4.79 Å². The smallest absolute Gasteiger partial charge is 0.410 e. The molecule has 0 aromatic heterocycles. The van der Waals surface area contributed by atoms with E-state index in [1.54, 1.807) is 18.2 Å². The highest BCUT2D eigenvalue weighted by atomic mass is 16.6. The van der Waals surface area contributed by atoms with E-state index < -0.39 is 18.6 Å². The number of amides is 1. The number of nitrogens with zero attached hydrogens (tertiary/aromatic N) is 1. The van der Waals surface area contributed by atoms with Gasteiger partial charge in [0.2, 0.25) is 0 Å². The highest BCUT2D eigenvalue weighted by molar-refractivity contribution is 5.79. The molecular weight excluding hydrogens is 422 g/mol. The van der Waals surface area contributed by atoms with Gasteiger partial charge in [-0.15, -0.1) is 0 Å². The first-order chi connectivity index (χ1) is 16.0. The molecule has 7 nitrogen and oxygen atoms in total. The Balaban J connectivity index is 1.52. The van der Waals surface area contributed by atoms with Gasteiger partial charge in [0.1, 0.15) is 24.7 Å². The minimum Gasteiger partial charge on any atom is -0.497 e. The van der Waals surface area contributed by atoms with E-state index in [1.807, 2.05) is 36.4 Å². The van der Waals surface area contributed by atoms with Crippen LogP contribution < -0.4 is 9.47 Å². The first-order valence-electron chi connectivity index (χ1n) is 10.5. The van der Waals surface area contributed by atoms with Crippen LogP contribution in [0.5, 0.6) is 11.5 Å². The molecule has 3 aromatic rings. The molecular formula is C26H25NO6. The third kappa shape index (κ3) is 4.77. The number of carbonyl (C=O) groups is 2. The molecule has 170 valence electrons. The number of hydrogen-bond donors (Lipinski definition) is 1.